The lowest BCUT2D eigenvalue weighted by molar-refractivity contribution is -0.132. The zero-order valence-corrected chi connectivity index (χ0v) is 20.4. The molecule has 1 unspecified atom stereocenters. The number of unbranched alkanes of at least 4 members (excludes halogenated alkanes) is 1. The van der Waals surface area contributed by atoms with Gasteiger partial charge in [-0.3, -0.25) is 14.5 Å². The minimum Gasteiger partial charge on any atom is -0.507 e. The predicted octanol–water partition coefficient (Wildman–Crippen LogP) is 6.30. The zero-order valence-electron chi connectivity index (χ0n) is 18.7. The van der Waals surface area contributed by atoms with Gasteiger partial charge in [-0.1, -0.05) is 42.9 Å². The molecule has 1 aliphatic rings. The minimum absolute atomic E-state index is 0.0198. The van der Waals surface area contributed by atoms with Crippen molar-refractivity contribution in [3.63, 3.8) is 0 Å². The Hall–Kier alpha value is -3.56. The van der Waals surface area contributed by atoms with Crippen LogP contribution in [0.3, 0.4) is 0 Å². The summed E-state index contributed by atoms with van der Waals surface area (Å²) in [6, 6.07) is 13.8. The third-order valence-electron chi connectivity index (χ3n) is 5.68. The van der Waals surface area contributed by atoms with Crippen molar-refractivity contribution in [2.24, 2.45) is 0 Å². The molecule has 1 saturated heterocycles. The van der Waals surface area contributed by atoms with E-state index < -0.39 is 23.5 Å². The maximum absolute atomic E-state index is 13.7. The van der Waals surface area contributed by atoms with E-state index in [2.05, 4.69) is 11.9 Å². The molecule has 9 heteroatoms. The third kappa shape index (κ3) is 4.33. The lowest BCUT2D eigenvalue weighted by Gasteiger charge is -2.21. The Morgan fingerprint density at radius 1 is 1.17 bits per heavy atom. The third-order valence-corrected chi connectivity index (χ3v) is 7.62. The Balaban J connectivity index is 1.61. The number of Topliss-reactive ketones (excluding diaryl/α,β-unsaturated/α-hetero) is 1. The monoisotopic (exact) mass is 508 g/mol. The number of thiazole rings is 1. The highest BCUT2D eigenvalue weighted by molar-refractivity contribution is 7.22. The number of ether oxygens (including phenoxy) is 1. The maximum Gasteiger partial charge on any atom is 0.301 e. The van der Waals surface area contributed by atoms with Gasteiger partial charge in [0, 0.05) is 10.4 Å². The summed E-state index contributed by atoms with van der Waals surface area (Å²) in [5.41, 5.74) is 0.883. The summed E-state index contributed by atoms with van der Waals surface area (Å²) >= 11 is 2.49. The van der Waals surface area contributed by atoms with Crippen LogP contribution in [0.25, 0.3) is 16.0 Å². The van der Waals surface area contributed by atoms with Gasteiger partial charge in [0.2, 0.25) is 0 Å². The normalized spacial score (nSPS) is 17.4. The first-order valence-corrected chi connectivity index (χ1v) is 12.8. The second-order valence-corrected chi connectivity index (χ2v) is 10.0. The summed E-state index contributed by atoms with van der Waals surface area (Å²) < 4.78 is 20.0. The number of rotatable bonds is 7. The number of fused-ring (bicyclic) bond motifs is 1. The van der Waals surface area contributed by atoms with E-state index in [1.807, 2.05) is 11.4 Å². The number of amides is 1. The maximum atomic E-state index is 13.7. The fourth-order valence-corrected chi connectivity index (χ4v) is 5.80. The van der Waals surface area contributed by atoms with Gasteiger partial charge in [-0.15, -0.1) is 11.3 Å². The van der Waals surface area contributed by atoms with Gasteiger partial charge in [0.05, 0.1) is 22.4 Å². The fourth-order valence-electron chi connectivity index (χ4n) is 3.96. The highest BCUT2D eigenvalue weighted by atomic mass is 32.1. The highest BCUT2D eigenvalue weighted by Crippen LogP contribution is 2.45. The number of carbonyl (C=O) groups excluding carboxylic acids is 2. The number of hydrogen-bond donors (Lipinski definition) is 1. The zero-order chi connectivity index (χ0) is 24.5. The lowest BCUT2D eigenvalue weighted by Crippen LogP contribution is -2.28. The number of aromatic nitrogens is 1. The molecule has 0 radical (unpaired) electrons. The number of aliphatic hydroxyl groups excluding tert-OH is 1. The van der Waals surface area contributed by atoms with Crippen LogP contribution in [0.5, 0.6) is 5.75 Å². The number of aliphatic hydroxyl groups is 1. The molecule has 0 aliphatic carbocycles. The van der Waals surface area contributed by atoms with Crippen LogP contribution in [0, 0.1) is 5.82 Å². The Kier molecular flexibility index (Phi) is 6.36. The van der Waals surface area contributed by atoms with Crippen molar-refractivity contribution in [2.45, 2.75) is 25.8 Å². The van der Waals surface area contributed by atoms with Crippen molar-refractivity contribution in [3.8, 4) is 5.75 Å². The van der Waals surface area contributed by atoms with Crippen LogP contribution in [0.15, 0.2) is 65.6 Å². The second-order valence-electron chi connectivity index (χ2n) is 8.02. The topological polar surface area (TPSA) is 79.7 Å². The number of carbonyl (C=O) groups is 2. The summed E-state index contributed by atoms with van der Waals surface area (Å²) in [5.74, 6) is -1.72. The van der Waals surface area contributed by atoms with Gasteiger partial charge < -0.3 is 9.84 Å². The molecule has 2 aromatic carbocycles. The number of hydrogen-bond acceptors (Lipinski definition) is 7. The van der Waals surface area contributed by atoms with Crippen molar-refractivity contribution in [2.75, 3.05) is 11.5 Å². The fraction of sp³-hybridized carbons (Fsp3) is 0.192. The number of benzene rings is 2. The molecule has 1 amide bonds. The van der Waals surface area contributed by atoms with E-state index in [-0.39, 0.29) is 16.5 Å². The first kappa shape index (κ1) is 23.2. The van der Waals surface area contributed by atoms with Gasteiger partial charge in [-0.05, 0) is 48.2 Å². The van der Waals surface area contributed by atoms with E-state index in [0.29, 0.717) is 33.0 Å². The van der Waals surface area contributed by atoms with Gasteiger partial charge in [-0.25, -0.2) is 9.37 Å². The Labute approximate surface area is 208 Å². The minimum atomic E-state index is -0.856. The van der Waals surface area contributed by atoms with Gasteiger partial charge in [0.15, 0.2) is 5.13 Å². The average molecular weight is 509 g/mol. The molecule has 3 heterocycles. The molecular formula is C26H21FN2O4S2. The standard InChI is InChI=1S/C26H21FN2O4S2/c1-2-3-11-33-17-7-4-6-15(13-17)23(30)21-22(19-8-5-12-34-19)29(25(32)24(21)31)26-28-18-10-9-16(27)14-20(18)35-26/h4-10,12-14,22,30H,2-3,11H2,1H3. The lowest BCUT2D eigenvalue weighted by atomic mass is 10.00. The molecule has 6 nitrogen and oxygen atoms in total. The number of anilines is 1. The van der Waals surface area contributed by atoms with E-state index in [9.17, 15) is 19.1 Å². The van der Waals surface area contributed by atoms with E-state index in [1.54, 1.807) is 30.3 Å². The van der Waals surface area contributed by atoms with Gasteiger partial charge in [-0.2, -0.15) is 0 Å². The second kappa shape index (κ2) is 9.59. The Morgan fingerprint density at radius 2 is 2.03 bits per heavy atom. The van der Waals surface area contributed by atoms with Crippen LogP contribution in [0.4, 0.5) is 9.52 Å². The quantitative estimate of drug-likeness (QED) is 0.137. The predicted molar refractivity (Wildman–Crippen MR) is 136 cm³/mol. The Bertz CT molecular complexity index is 1440. The summed E-state index contributed by atoms with van der Waals surface area (Å²) in [7, 11) is 0. The SMILES string of the molecule is CCCCOc1cccc(C(O)=C2C(=O)C(=O)N(c3nc4ccc(F)cc4s3)C2c2cccs2)c1. The van der Waals surface area contributed by atoms with Gasteiger partial charge in [0.25, 0.3) is 5.78 Å². The molecule has 5 rings (SSSR count). The van der Waals surface area contributed by atoms with E-state index in [4.69, 9.17) is 4.74 Å². The van der Waals surface area contributed by atoms with E-state index in [1.165, 1.54) is 34.4 Å². The largest absolute Gasteiger partial charge is 0.507 e. The summed E-state index contributed by atoms with van der Waals surface area (Å²) in [6.45, 7) is 2.61. The molecule has 0 bridgehead atoms. The number of thiophene rings is 1. The van der Waals surface area contributed by atoms with Crippen molar-refractivity contribution in [3.05, 3.63) is 81.8 Å². The molecule has 2 aromatic heterocycles. The van der Waals surface area contributed by atoms with Gasteiger partial charge >= 0.3 is 5.91 Å². The molecule has 1 atom stereocenters. The van der Waals surface area contributed by atoms with Crippen molar-refractivity contribution >= 4 is 55.5 Å². The average Bonchev–Trinajstić information content (AvgIpc) is 3.58. The van der Waals surface area contributed by atoms with Crippen LogP contribution >= 0.6 is 22.7 Å². The number of halogens is 1. The number of ketones is 1. The molecule has 0 spiro atoms. The van der Waals surface area contributed by atoms with Crippen molar-refractivity contribution < 1.29 is 23.8 Å². The summed E-state index contributed by atoms with van der Waals surface area (Å²) in [4.78, 5) is 33.0. The molecule has 35 heavy (non-hydrogen) atoms. The molecule has 178 valence electrons. The molecular weight excluding hydrogens is 487 g/mol. The first-order chi connectivity index (χ1) is 17.0. The van der Waals surface area contributed by atoms with Crippen LogP contribution < -0.4 is 9.64 Å². The molecule has 4 aromatic rings. The molecule has 0 saturated carbocycles. The van der Waals surface area contributed by atoms with Crippen LogP contribution in [0.2, 0.25) is 0 Å². The van der Waals surface area contributed by atoms with E-state index >= 15 is 0 Å². The van der Waals surface area contributed by atoms with Crippen LogP contribution in [-0.2, 0) is 9.59 Å². The summed E-state index contributed by atoms with van der Waals surface area (Å²) in [6.07, 6.45) is 1.88. The Morgan fingerprint density at radius 3 is 2.80 bits per heavy atom. The first-order valence-electron chi connectivity index (χ1n) is 11.1. The van der Waals surface area contributed by atoms with E-state index in [0.717, 1.165) is 24.2 Å². The smallest absolute Gasteiger partial charge is 0.301 e. The van der Waals surface area contributed by atoms with Crippen LogP contribution in [-0.4, -0.2) is 28.4 Å². The molecule has 1 fully saturated rings. The summed E-state index contributed by atoms with van der Waals surface area (Å²) in [5, 5.41) is 13.4. The molecule has 1 N–H and O–H groups in total. The van der Waals surface area contributed by atoms with Crippen LogP contribution in [0.1, 0.15) is 36.2 Å². The van der Waals surface area contributed by atoms with Crippen molar-refractivity contribution in [1.29, 1.82) is 0 Å². The number of nitrogens with zero attached hydrogens (tertiary/aromatic N) is 2. The highest BCUT2D eigenvalue weighted by Gasteiger charge is 2.48. The molecule has 1 aliphatic heterocycles. The van der Waals surface area contributed by atoms with Crippen molar-refractivity contribution in [1.82, 2.24) is 4.98 Å². The van der Waals surface area contributed by atoms with Gasteiger partial charge in [0.1, 0.15) is 23.4 Å².